The predicted octanol–water partition coefficient (Wildman–Crippen LogP) is -1.20. The van der Waals surface area contributed by atoms with Gasteiger partial charge >= 0.3 is 17.9 Å². The summed E-state index contributed by atoms with van der Waals surface area (Å²) in [5.41, 5.74) is 4.84. The highest BCUT2D eigenvalue weighted by Crippen LogP contribution is 2.13. The minimum Gasteiger partial charge on any atom is -0.481 e. The number of hydrogen-bond donors (Lipinski definition) is 5. The molecule has 0 aliphatic carbocycles. The molecule has 0 saturated carbocycles. The van der Waals surface area contributed by atoms with Crippen LogP contribution in [0.5, 0.6) is 0 Å². The van der Waals surface area contributed by atoms with E-state index in [2.05, 4.69) is 0 Å². The second-order valence-electron chi connectivity index (χ2n) is 3.70. The van der Waals surface area contributed by atoms with Gasteiger partial charge in [0.1, 0.15) is 12.1 Å². The highest BCUT2D eigenvalue weighted by atomic mass is 16.5. The van der Waals surface area contributed by atoms with Gasteiger partial charge in [0.15, 0.2) is 0 Å². The maximum Gasteiger partial charge on any atom is 0.323 e. The van der Waals surface area contributed by atoms with Gasteiger partial charge in [-0.2, -0.15) is 5.06 Å². The number of rotatable bonds is 4. The van der Waals surface area contributed by atoms with E-state index in [0.29, 0.717) is 13.0 Å². The Balaban J connectivity index is 0.000000321. The van der Waals surface area contributed by atoms with Crippen LogP contribution in [0.15, 0.2) is 0 Å². The third-order valence-electron chi connectivity index (χ3n) is 2.22. The average Bonchev–Trinajstić information content (AvgIpc) is 2.64. The minimum atomic E-state index is -1.29. The molecule has 0 bridgehead atoms. The molecule has 9 nitrogen and oxygen atoms in total. The Morgan fingerprint density at radius 1 is 1.28 bits per heavy atom. The maximum absolute atomic E-state index is 10.2. The number of hydrogen-bond acceptors (Lipinski definition) is 6. The molecule has 1 aliphatic rings. The molecule has 0 radical (unpaired) electrons. The van der Waals surface area contributed by atoms with Crippen LogP contribution in [-0.4, -0.2) is 62.1 Å². The molecular formula is C9H16N2O7. The van der Waals surface area contributed by atoms with Gasteiger partial charge in [0.25, 0.3) is 0 Å². The Bertz CT molecular complexity index is 320. The number of carboxylic acid groups (broad SMARTS) is 3. The smallest absolute Gasteiger partial charge is 0.323 e. The Hall–Kier alpha value is -1.71. The number of nitrogens with zero attached hydrogens (tertiary/aromatic N) is 1. The lowest BCUT2D eigenvalue weighted by atomic mass is 10.2. The number of aliphatic carboxylic acids is 3. The summed E-state index contributed by atoms with van der Waals surface area (Å²) in [6.45, 7) is 0.483. The summed E-state index contributed by atoms with van der Waals surface area (Å²) < 4.78 is 0. The second kappa shape index (κ2) is 7.58. The summed E-state index contributed by atoms with van der Waals surface area (Å²) in [6, 6.07) is -1.95. The molecule has 1 heterocycles. The summed E-state index contributed by atoms with van der Waals surface area (Å²) >= 11 is 0. The highest BCUT2D eigenvalue weighted by molar-refractivity contribution is 5.80. The van der Waals surface area contributed by atoms with E-state index in [-0.39, 0.29) is 0 Å². The molecule has 104 valence electrons. The Labute approximate surface area is 102 Å². The summed E-state index contributed by atoms with van der Waals surface area (Å²) in [6.07, 6.45) is 0.800. The molecule has 0 aromatic rings. The SMILES string of the molecule is N[C@@H](CC(=O)O)C(=O)O.O=C(O)[C@@H]1CCCN1O. The van der Waals surface area contributed by atoms with Crippen LogP contribution in [0, 0.1) is 0 Å². The van der Waals surface area contributed by atoms with E-state index in [0.717, 1.165) is 11.5 Å². The van der Waals surface area contributed by atoms with E-state index in [1.54, 1.807) is 0 Å². The molecule has 2 atom stereocenters. The second-order valence-corrected chi connectivity index (χ2v) is 3.70. The molecule has 18 heavy (non-hydrogen) atoms. The van der Waals surface area contributed by atoms with Gasteiger partial charge in [-0.1, -0.05) is 0 Å². The van der Waals surface area contributed by atoms with E-state index in [1.807, 2.05) is 0 Å². The molecular weight excluding hydrogens is 248 g/mol. The molecule has 0 aromatic carbocycles. The first kappa shape index (κ1) is 16.3. The normalized spacial score (nSPS) is 20.7. The van der Waals surface area contributed by atoms with Gasteiger partial charge < -0.3 is 26.3 Å². The molecule has 6 N–H and O–H groups in total. The molecule has 0 aromatic heterocycles. The van der Waals surface area contributed by atoms with Crippen molar-refractivity contribution in [2.24, 2.45) is 5.73 Å². The van der Waals surface area contributed by atoms with Crippen LogP contribution in [0.2, 0.25) is 0 Å². The van der Waals surface area contributed by atoms with Gasteiger partial charge in [0, 0.05) is 6.54 Å². The van der Waals surface area contributed by atoms with Crippen LogP contribution >= 0.6 is 0 Å². The minimum absolute atomic E-state index is 0.483. The van der Waals surface area contributed by atoms with Crippen LogP contribution in [0.25, 0.3) is 0 Å². The summed E-state index contributed by atoms with van der Waals surface area (Å²) in [5.74, 6) is -3.43. The van der Waals surface area contributed by atoms with Gasteiger partial charge in [-0.05, 0) is 12.8 Å². The van der Waals surface area contributed by atoms with E-state index in [1.165, 1.54) is 0 Å². The number of nitrogens with two attached hydrogens (primary N) is 1. The van der Waals surface area contributed by atoms with Crippen molar-refractivity contribution in [2.75, 3.05) is 6.54 Å². The van der Waals surface area contributed by atoms with Gasteiger partial charge in [-0.3, -0.25) is 14.4 Å². The van der Waals surface area contributed by atoms with Crippen LogP contribution in [-0.2, 0) is 14.4 Å². The third-order valence-corrected chi connectivity index (χ3v) is 2.22. The fourth-order valence-electron chi connectivity index (χ4n) is 1.28. The molecule has 0 amide bonds. The van der Waals surface area contributed by atoms with Crippen LogP contribution < -0.4 is 5.73 Å². The zero-order chi connectivity index (χ0) is 14.3. The van der Waals surface area contributed by atoms with Crippen molar-refractivity contribution in [3.8, 4) is 0 Å². The molecule has 1 saturated heterocycles. The largest absolute Gasteiger partial charge is 0.481 e. The maximum atomic E-state index is 10.2. The lowest BCUT2D eigenvalue weighted by Gasteiger charge is -2.11. The van der Waals surface area contributed by atoms with Crippen molar-refractivity contribution in [1.29, 1.82) is 0 Å². The zero-order valence-corrected chi connectivity index (χ0v) is 9.52. The van der Waals surface area contributed by atoms with Gasteiger partial charge in [-0.15, -0.1) is 0 Å². The van der Waals surface area contributed by atoms with Crippen molar-refractivity contribution < 1.29 is 34.9 Å². The van der Waals surface area contributed by atoms with Crippen LogP contribution in [0.3, 0.4) is 0 Å². The number of carboxylic acids is 3. The van der Waals surface area contributed by atoms with Gasteiger partial charge in [0.2, 0.25) is 0 Å². The lowest BCUT2D eigenvalue weighted by molar-refractivity contribution is -0.161. The first-order chi connectivity index (χ1) is 8.25. The molecule has 9 heteroatoms. The first-order valence-corrected chi connectivity index (χ1v) is 5.14. The first-order valence-electron chi connectivity index (χ1n) is 5.14. The Morgan fingerprint density at radius 2 is 1.83 bits per heavy atom. The lowest BCUT2D eigenvalue weighted by Crippen LogP contribution is -2.32. The van der Waals surface area contributed by atoms with E-state index < -0.39 is 36.4 Å². The molecule has 1 aliphatic heterocycles. The van der Waals surface area contributed by atoms with Crippen LogP contribution in [0.1, 0.15) is 19.3 Å². The van der Waals surface area contributed by atoms with Crippen molar-refractivity contribution >= 4 is 17.9 Å². The third kappa shape index (κ3) is 6.13. The fourth-order valence-corrected chi connectivity index (χ4v) is 1.28. The monoisotopic (exact) mass is 264 g/mol. The summed E-state index contributed by atoms with van der Waals surface area (Å²) in [4.78, 5) is 29.8. The van der Waals surface area contributed by atoms with Crippen LogP contribution in [0.4, 0.5) is 0 Å². The predicted molar refractivity (Wildman–Crippen MR) is 57.0 cm³/mol. The quantitative estimate of drug-likeness (QED) is 0.419. The highest BCUT2D eigenvalue weighted by Gasteiger charge is 2.28. The molecule has 0 spiro atoms. The van der Waals surface area contributed by atoms with Crippen molar-refractivity contribution in [2.45, 2.75) is 31.3 Å². The Morgan fingerprint density at radius 3 is 2.00 bits per heavy atom. The van der Waals surface area contributed by atoms with E-state index in [9.17, 15) is 14.4 Å². The average molecular weight is 264 g/mol. The zero-order valence-electron chi connectivity index (χ0n) is 9.52. The fraction of sp³-hybridized carbons (Fsp3) is 0.667. The topological polar surface area (TPSA) is 161 Å². The van der Waals surface area contributed by atoms with E-state index >= 15 is 0 Å². The number of hydroxylamine groups is 2. The molecule has 0 unspecified atom stereocenters. The Kier molecular flexibility index (Phi) is 6.86. The van der Waals surface area contributed by atoms with Gasteiger partial charge in [0.05, 0.1) is 6.42 Å². The summed E-state index contributed by atoms with van der Waals surface area (Å²) in [5, 5.41) is 34.1. The summed E-state index contributed by atoms with van der Waals surface area (Å²) in [7, 11) is 0. The molecule has 1 rings (SSSR count). The van der Waals surface area contributed by atoms with Gasteiger partial charge in [-0.25, -0.2) is 0 Å². The van der Waals surface area contributed by atoms with Crippen molar-refractivity contribution in [3.63, 3.8) is 0 Å². The molecule has 1 fully saturated rings. The number of carbonyl (C=O) groups is 3. The van der Waals surface area contributed by atoms with Crippen molar-refractivity contribution in [3.05, 3.63) is 0 Å². The van der Waals surface area contributed by atoms with E-state index in [4.69, 9.17) is 26.3 Å². The standard InChI is InChI=1S/C5H9NO3.C4H7NO4/c7-5(8)4-2-1-3-6(4)9;5-2(4(8)9)1-3(6)7/h4,9H,1-3H2,(H,7,8);2H,1,5H2,(H,6,7)(H,8,9)/t4-;2-/m00/s1. The van der Waals surface area contributed by atoms with Crippen molar-refractivity contribution in [1.82, 2.24) is 5.06 Å².